The van der Waals surface area contributed by atoms with Gasteiger partial charge < -0.3 is 14.6 Å². The average Bonchev–Trinajstić information content (AvgIpc) is 3.55. The molecule has 4 rings (SSSR count). The summed E-state index contributed by atoms with van der Waals surface area (Å²) < 4.78 is 5.39. The van der Waals surface area contributed by atoms with Crippen LogP contribution in [0.2, 0.25) is 0 Å². The summed E-state index contributed by atoms with van der Waals surface area (Å²) in [5, 5.41) is 5.13. The molecular weight excluding hydrogens is 396 g/mol. The highest BCUT2D eigenvalue weighted by atomic mass is 32.1. The number of amides is 2. The van der Waals surface area contributed by atoms with Crippen LogP contribution in [0, 0.1) is 0 Å². The zero-order chi connectivity index (χ0) is 20.8. The lowest BCUT2D eigenvalue weighted by Crippen LogP contribution is -2.46. The van der Waals surface area contributed by atoms with Crippen molar-refractivity contribution >= 4 is 23.2 Å². The molecule has 2 heterocycles. The first-order valence-electron chi connectivity index (χ1n) is 10.4. The molecule has 1 aromatic carbocycles. The number of benzene rings is 1. The second kappa shape index (κ2) is 9.76. The molecule has 2 amide bonds. The molecule has 1 aliphatic rings. The van der Waals surface area contributed by atoms with Gasteiger partial charge in [0.05, 0.1) is 6.26 Å². The van der Waals surface area contributed by atoms with Gasteiger partial charge in [-0.3, -0.25) is 9.59 Å². The number of nitrogens with one attached hydrogen (secondary N) is 1. The molecule has 1 unspecified atom stereocenters. The van der Waals surface area contributed by atoms with Gasteiger partial charge in [0, 0.05) is 17.5 Å². The zero-order valence-corrected chi connectivity index (χ0v) is 17.6. The third kappa shape index (κ3) is 4.82. The molecule has 1 aliphatic carbocycles. The molecule has 6 heteroatoms. The van der Waals surface area contributed by atoms with Crippen LogP contribution in [-0.2, 0) is 11.2 Å². The maximum absolute atomic E-state index is 13.4. The van der Waals surface area contributed by atoms with Gasteiger partial charge in [0.15, 0.2) is 5.76 Å². The second-order valence-electron chi connectivity index (χ2n) is 7.62. The average molecular weight is 423 g/mol. The Kier molecular flexibility index (Phi) is 6.64. The molecule has 30 heavy (non-hydrogen) atoms. The van der Waals surface area contributed by atoms with Crippen LogP contribution in [0.25, 0.3) is 0 Å². The SMILES string of the molecule is O=C(NC1CCCC1)C(c1cccs1)N(CCc1ccccc1)C(=O)c1ccco1. The van der Waals surface area contributed by atoms with Gasteiger partial charge in [-0.2, -0.15) is 0 Å². The van der Waals surface area contributed by atoms with E-state index >= 15 is 0 Å². The lowest BCUT2D eigenvalue weighted by Gasteiger charge is -2.31. The van der Waals surface area contributed by atoms with E-state index in [1.54, 1.807) is 17.0 Å². The highest BCUT2D eigenvalue weighted by Crippen LogP contribution is 2.29. The number of nitrogens with zero attached hydrogens (tertiary/aromatic N) is 1. The Morgan fingerprint density at radius 3 is 2.53 bits per heavy atom. The maximum Gasteiger partial charge on any atom is 0.290 e. The van der Waals surface area contributed by atoms with Crippen molar-refractivity contribution in [2.24, 2.45) is 0 Å². The van der Waals surface area contributed by atoms with Crippen molar-refractivity contribution < 1.29 is 14.0 Å². The van der Waals surface area contributed by atoms with Gasteiger partial charge in [-0.25, -0.2) is 0 Å². The molecule has 1 N–H and O–H groups in total. The number of carbonyl (C=O) groups excluding carboxylic acids is 2. The molecule has 0 bridgehead atoms. The van der Waals surface area contributed by atoms with Crippen molar-refractivity contribution in [2.75, 3.05) is 6.54 Å². The van der Waals surface area contributed by atoms with Crippen molar-refractivity contribution in [1.29, 1.82) is 0 Å². The largest absolute Gasteiger partial charge is 0.459 e. The number of furan rings is 1. The lowest BCUT2D eigenvalue weighted by atomic mass is 10.1. The van der Waals surface area contributed by atoms with Crippen LogP contribution >= 0.6 is 11.3 Å². The lowest BCUT2D eigenvalue weighted by molar-refractivity contribution is -0.126. The van der Waals surface area contributed by atoms with E-state index in [4.69, 9.17) is 4.42 Å². The fraction of sp³-hybridized carbons (Fsp3) is 0.333. The van der Waals surface area contributed by atoms with Gasteiger partial charge in [0.2, 0.25) is 5.91 Å². The molecular formula is C24H26N2O3S. The van der Waals surface area contributed by atoms with E-state index in [-0.39, 0.29) is 23.6 Å². The third-order valence-electron chi connectivity index (χ3n) is 5.55. The normalized spacial score (nSPS) is 15.1. The molecule has 0 radical (unpaired) electrons. The fourth-order valence-electron chi connectivity index (χ4n) is 4.01. The minimum Gasteiger partial charge on any atom is -0.459 e. The van der Waals surface area contributed by atoms with Crippen LogP contribution in [0.5, 0.6) is 0 Å². The molecule has 1 saturated carbocycles. The topological polar surface area (TPSA) is 62.6 Å². The van der Waals surface area contributed by atoms with Crippen LogP contribution < -0.4 is 5.32 Å². The fourth-order valence-corrected chi connectivity index (χ4v) is 4.84. The molecule has 5 nitrogen and oxygen atoms in total. The maximum atomic E-state index is 13.4. The van der Waals surface area contributed by atoms with E-state index in [0.29, 0.717) is 13.0 Å². The van der Waals surface area contributed by atoms with Crippen LogP contribution in [0.4, 0.5) is 0 Å². The quantitative estimate of drug-likeness (QED) is 0.566. The van der Waals surface area contributed by atoms with Crippen molar-refractivity contribution in [3.63, 3.8) is 0 Å². The van der Waals surface area contributed by atoms with Gasteiger partial charge in [-0.15, -0.1) is 11.3 Å². The Bertz CT molecular complexity index is 932. The van der Waals surface area contributed by atoms with Crippen molar-refractivity contribution in [3.05, 3.63) is 82.4 Å². The predicted octanol–water partition coefficient (Wildman–Crippen LogP) is 4.83. The number of hydrogen-bond donors (Lipinski definition) is 1. The monoisotopic (exact) mass is 422 g/mol. The smallest absolute Gasteiger partial charge is 0.290 e. The van der Waals surface area contributed by atoms with Crippen molar-refractivity contribution in [3.8, 4) is 0 Å². The van der Waals surface area contributed by atoms with Gasteiger partial charge in [-0.05, 0) is 48.4 Å². The summed E-state index contributed by atoms with van der Waals surface area (Å²) in [5.74, 6) is -0.133. The van der Waals surface area contributed by atoms with E-state index in [1.807, 2.05) is 47.8 Å². The van der Waals surface area contributed by atoms with E-state index in [9.17, 15) is 9.59 Å². The molecule has 2 aromatic heterocycles. The van der Waals surface area contributed by atoms with Crippen molar-refractivity contribution in [2.45, 2.75) is 44.2 Å². The van der Waals surface area contributed by atoms with E-state index in [2.05, 4.69) is 5.32 Å². The molecule has 156 valence electrons. The van der Waals surface area contributed by atoms with Crippen LogP contribution in [-0.4, -0.2) is 29.3 Å². The first-order valence-corrected chi connectivity index (χ1v) is 11.3. The van der Waals surface area contributed by atoms with Gasteiger partial charge >= 0.3 is 0 Å². The predicted molar refractivity (Wildman–Crippen MR) is 117 cm³/mol. The van der Waals surface area contributed by atoms with Crippen LogP contribution in [0.15, 0.2) is 70.7 Å². The molecule has 0 saturated heterocycles. The summed E-state index contributed by atoms with van der Waals surface area (Å²) in [4.78, 5) is 29.3. The van der Waals surface area contributed by atoms with Crippen LogP contribution in [0.1, 0.15) is 52.7 Å². The minimum absolute atomic E-state index is 0.114. The minimum atomic E-state index is -0.674. The molecule has 0 aliphatic heterocycles. The summed E-state index contributed by atoms with van der Waals surface area (Å²) in [6, 6.07) is 16.7. The first kappa shape index (κ1) is 20.4. The number of hydrogen-bond acceptors (Lipinski definition) is 4. The summed E-state index contributed by atoms with van der Waals surface area (Å²) in [6.45, 7) is 0.421. The summed E-state index contributed by atoms with van der Waals surface area (Å²) in [5.41, 5.74) is 1.12. The van der Waals surface area contributed by atoms with Gasteiger partial charge in [0.1, 0.15) is 6.04 Å². The third-order valence-corrected chi connectivity index (χ3v) is 6.48. The Morgan fingerprint density at radius 2 is 1.87 bits per heavy atom. The summed E-state index contributed by atoms with van der Waals surface area (Å²) in [7, 11) is 0. The number of carbonyl (C=O) groups is 2. The van der Waals surface area contributed by atoms with E-state index < -0.39 is 6.04 Å². The Labute approximate surface area is 180 Å². The molecule has 3 aromatic rings. The molecule has 1 fully saturated rings. The van der Waals surface area contributed by atoms with E-state index in [0.717, 1.165) is 36.1 Å². The Hall–Kier alpha value is -2.86. The number of thiophene rings is 1. The highest BCUT2D eigenvalue weighted by Gasteiger charge is 2.35. The van der Waals surface area contributed by atoms with Crippen molar-refractivity contribution in [1.82, 2.24) is 10.2 Å². The van der Waals surface area contributed by atoms with Gasteiger partial charge in [0.25, 0.3) is 5.91 Å². The van der Waals surface area contributed by atoms with Gasteiger partial charge in [-0.1, -0.05) is 49.2 Å². The zero-order valence-electron chi connectivity index (χ0n) is 16.8. The molecule has 0 spiro atoms. The summed E-state index contributed by atoms with van der Waals surface area (Å²) >= 11 is 1.50. The van der Waals surface area contributed by atoms with E-state index in [1.165, 1.54) is 17.6 Å². The standard InChI is InChI=1S/C24H26N2O3S/c27-23(25-19-10-4-5-11-19)22(21-13-7-17-30-21)26(24(28)20-12-6-16-29-20)15-14-18-8-2-1-3-9-18/h1-3,6-9,12-13,16-17,19,22H,4-5,10-11,14-15H2,(H,25,27). The first-order chi connectivity index (χ1) is 14.7. The summed E-state index contributed by atoms with van der Waals surface area (Å²) in [6.07, 6.45) is 6.42. The highest BCUT2D eigenvalue weighted by molar-refractivity contribution is 7.10. The number of rotatable bonds is 8. The van der Waals surface area contributed by atoms with Crippen LogP contribution in [0.3, 0.4) is 0 Å². The second-order valence-corrected chi connectivity index (χ2v) is 8.60. The Balaban J connectivity index is 1.62. The Morgan fingerprint density at radius 1 is 1.07 bits per heavy atom. The molecule has 1 atom stereocenters.